The van der Waals surface area contributed by atoms with Crippen molar-refractivity contribution in [2.24, 2.45) is 5.73 Å². The van der Waals surface area contributed by atoms with E-state index in [1.165, 1.54) is 0 Å². The standard InChI is InChI=1S/C10H10ClN3O/c1-15-6-2-3-8-7(4-6)10(11)9(5-12)14-13-8/h2-4H,5,12H2,1H3. The van der Waals surface area contributed by atoms with Crippen LogP contribution in [0.4, 0.5) is 0 Å². The Morgan fingerprint density at radius 2 is 2.20 bits per heavy atom. The molecular formula is C10H10ClN3O. The molecule has 0 atom stereocenters. The number of methoxy groups -OCH3 is 1. The molecule has 5 heteroatoms. The lowest BCUT2D eigenvalue weighted by Crippen LogP contribution is -2.02. The van der Waals surface area contributed by atoms with Crippen molar-refractivity contribution in [3.05, 3.63) is 28.9 Å². The third-order valence-electron chi connectivity index (χ3n) is 2.17. The van der Waals surface area contributed by atoms with Crippen LogP contribution in [-0.2, 0) is 6.54 Å². The molecule has 1 heterocycles. The fourth-order valence-corrected chi connectivity index (χ4v) is 1.62. The molecule has 0 amide bonds. The summed E-state index contributed by atoms with van der Waals surface area (Å²) in [6.45, 7) is 0.277. The molecule has 2 rings (SSSR count). The Morgan fingerprint density at radius 1 is 1.40 bits per heavy atom. The molecule has 1 aromatic carbocycles. The Bertz CT molecular complexity index is 496. The monoisotopic (exact) mass is 223 g/mol. The summed E-state index contributed by atoms with van der Waals surface area (Å²) in [5.41, 5.74) is 6.82. The second-order valence-corrected chi connectivity index (χ2v) is 3.43. The van der Waals surface area contributed by atoms with Gasteiger partial charge in [0, 0.05) is 11.9 Å². The average Bonchev–Trinajstić information content (AvgIpc) is 2.29. The highest BCUT2D eigenvalue weighted by Gasteiger charge is 2.07. The van der Waals surface area contributed by atoms with Gasteiger partial charge in [0.05, 0.1) is 23.3 Å². The molecule has 0 unspecified atom stereocenters. The molecule has 0 radical (unpaired) electrons. The van der Waals surface area contributed by atoms with Gasteiger partial charge in [-0.2, -0.15) is 10.2 Å². The van der Waals surface area contributed by atoms with Gasteiger partial charge in [0.25, 0.3) is 0 Å². The van der Waals surface area contributed by atoms with E-state index in [1.54, 1.807) is 7.11 Å². The second kappa shape index (κ2) is 4.00. The number of ether oxygens (including phenoxy) is 1. The number of fused-ring (bicyclic) bond motifs is 1. The highest BCUT2D eigenvalue weighted by molar-refractivity contribution is 6.35. The zero-order valence-electron chi connectivity index (χ0n) is 8.20. The fraction of sp³-hybridized carbons (Fsp3) is 0.200. The van der Waals surface area contributed by atoms with Crippen LogP contribution in [-0.4, -0.2) is 17.3 Å². The van der Waals surface area contributed by atoms with Gasteiger partial charge >= 0.3 is 0 Å². The summed E-state index contributed by atoms with van der Waals surface area (Å²) in [5, 5.41) is 9.31. The number of aromatic nitrogens is 2. The first-order chi connectivity index (χ1) is 7.26. The molecule has 0 fully saturated rings. The summed E-state index contributed by atoms with van der Waals surface area (Å²) in [4.78, 5) is 0. The smallest absolute Gasteiger partial charge is 0.119 e. The van der Waals surface area contributed by atoms with Gasteiger partial charge in [-0.3, -0.25) is 0 Å². The Balaban J connectivity index is 2.72. The number of hydrogen-bond acceptors (Lipinski definition) is 4. The van der Waals surface area contributed by atoms with E-state index >= 15 is 0 Å². The lowest BCUT2D eigenvalue weighted by atomic mass is 10.2. The largest absolute Gasteiger partial charge is 0.497 e. The van der Waals surface area contributed by atoms with E-state index in [9.17, 15) is 0 Å². The van der Waals surface area contributed by atoms with Crippen LogP contribution >= 0.6 is 11.6 Å². The summed E-state index contributed by atoms with van der Waals surface area (Å²) < 4.78 is 5.11. The first-order valence-corrected chi connectivity index (χ1v) is 4.83. The van der Waals surface area contributed by atoms with Crippen molar-refractivity contribution in [1.82, 2.24) is 10.2 Å². The molecule has 0 aliphatic heterocycles. The van der Waals surface area contributed by atoms with E-state index in [-0.39, 0.29) is 6.54 Å². The van der Waals surface area contributed by atoms with Crippen molar-refractivity contribution in [3.63, 3.8) is 0 Å². The van der Waals surface area contributed by atoms with Crippen LogP contribution in [0.1, 0.15) is 5.69 Å². The van der Waals surface area contributed by atoms with Crippen LogP contribution in [0, 0.1) is 0 Å². The van der Waals surface area contributed by atoms with Crippen LogP contribution in [0.2, 0.25) is 5.02 Å². The van der Waals surface area contributed by atoms with Crippen LogP contribution in [0.3, 0.4) is 0 Å². The average molecular weight is 224 g/mol. The van der Waals surface area contributed by atoms with Gasteiger partial charge in [0.1, 0.15) is 5.75 Å². The van der Waals surface area contributed by atoms with Crippen molar-refractivity contribution in [2.75, 3.05) is 7.11 Å². The molecule has 0 aliphatic rings. The van der Waals surface area contributed by atoms with Gasteiger partial charge in [0.2, 0.25) is 0 Å². The van der Waals surface area contributed by atoms with Gasteiger partial charge in [-0.05, 0) is 18.2 Å². The molecule has 0 aliphatic carbocycles. The normalized spacial score (nSPS) is 10.6. The molecule has 0 saturated carbocycles. The van der Waals surface area contributed by atoms with Crippen molar-refractivity contribution in [2.45, 2.75) is 6.54 Å². The van der Waals surface area contributed by atoms with Crippen LogP contribution < -0.4 is 10.5 Å². The zero-order chi connectivity index (χ0) is 10.8. The maximum Gasteiger partial charge on any atom is 0.119 e. The van der Waals surface area contributed by atoms with E-state index in [0.717, 1.165) is 16.7 Å². The number of hydrogen-bond donors (Lipinski definition) is 1. The predicted octanol–water partition coefficient (Wildman–Crippen LogP) is 1.75. The van der Waals surface area contributed by atoms with Crippen LogP contribution in [0.15, 0.2) is 18.2 Å². The molecule has 0 bridgehead atoms. The van der Waals surface area contributed by atoms with Crippen LogP contribution in [0.25, 0.3) is 10.9 Å². The summed E-state index contributed by atoms with van der Waals surface area (Å²) in [7, 11) is 1.60. The third-order valence-corrected chi connectivity index (χ3v) is 2.59. The van der Waals surface area contributed by atoms with Gasteiger partial charge < -0.3 is 10.5 Å². The number of nitrogens with zero attached hydrogens (tertiary/aromatic N) is 2. The quantitative estimate of drug-likeness (QED) is 0.843. The Morgan fingerprint density at radius 3 is 2.87 bits per heavy atom. The van der Waals surface area contributed by atoms with Crippen molar-refractivity contribution >= 4 is 22.5 Å². The minimum atomic E-state index is 0.277. The van der Waals surface area contributed by atoms with Gasteiger partial charge in [0.15, 0.2) is 0 Å². The molecule has 78 valence electrons. The lowest BCUT2D eigenvalue weighted by molar-refractivity contribution is 0.415. The SMILES string of the molecule is COc1ccc2nnc(CN)c(Cl)c2c1. The Labute approximate surface area is 92.0 Å². The maximum atomic E-state index is 6.13. The Kier molecular flexibility index (Phi) is 2.70. The van der Waals surface area contributed by atoms with E-state index in [2.05, 4.69) is 10.2 Å². The molecule has 15 heavy (non-hydrogen) atoms. The predicted molar refractivity (Wildman–Crippen MR) is 59.0 cm³/mol. The minimum absolute atomic E-state index is 0.277. The topological polar surface area (TPSA) is 61.0 Å². The summed E-state index contributed by atoms with van der Waals surface area (Å²) in [6.07, 6.45) is 0. The molecule has 0 spiro atoms. The van der Waals surface area contributed by atoms with E-state index < -0.39 is 0 Å². The number of nitrogens with two attached hydrogens (primary N) is 1. The summed E-state index contributed by atoms with van der Waals surface area (Å²) >= 11 is 6.13. The molecule has 4 nitrogen and oxygen atoms in total. The number of benzene rings is 1. The summed E-state index contributed by atoms with van der Waals surface area (Å²) in [6, 6.07) is 5.45. The minimum Gasteiger partial charge on any atom is -0.497 e. The highest BCUT2D eigenvalue weighted by atomic mass is 35.5. The van der Waals surface area contributed by atoms with Gasteiger partial charge in [-0.25, -0.2) is 0 Å². The third kappa shape index (κ3) is 1.73. The molecule has 0 saturated heterocycles. The first-order valence-electron chi connectivity index (χ1n) is 4.45. The van der Waals surface area contributed by atoms with E-state index in [1.807, 2.05) is 18.2 Å². The zero-order valence-corrected chi connectivity index (χ0v) is 8.95. The molecular weight excluding hydrogens is 214 g/mol. The van der Waals surface area contributed by atoms with Gasteiger partial charge in [-0.1, -0.05) is 11.6 Å². The molecule has 2 N–H and O–H groups in total. The van der Waals surface area contributed by atoms with Crippen molar-refractivity contribution < 1.29 is 4.74 Å². The fourth-order valence-electron chi connectivity index (χ4n) is 1.35. The highest BCUT2D eigenvalue weighted by Crippen LogP contribution is 2.27. The number of rotatable bonds is 2. The van der Waals surface area contributed by atoms with E-state index in [0.29, 0.717) is 10.7 Å². The van der Waals surface area contributed by atoms with Crippen molar-refractivity contribution in [1.29, 1.82) is 0 Å². The summed E-state index contributed by atoms with van der Waals surface area (Å²) in [5.74, 6) is 0.736. The Hall–Kier alpha value is -1.39. The second-order valence-electron chi connectivity index (χ2n) is 3.05. The lowest BCUT2D eigenvalue weighted by Gasteiger charge is -2.05. The maximum absolute atomic E-state index is 6.13. The van der Waals surface area contributed by atoms with Crippen LogP contribution in [0.5, 0.6) is 5.75 Å². The van der Waals surface area contributed by atoms with Crippen molar-refractivity contribution in [3.8, 4) is 5.75 Å². The first kappa shape index (κ1) is 10.1. The molecule has 2 aromatic rings. The number of halogens is 1. The van der Waals surface area contributed by atoms with E-state index in [4.69, 9.17) is 22.1 Å². The van der Waals surface area contributed by atoms with Gasteiger partial charge in [-0.15, -0.1) is 0 Å². The molecule has 1 aromatic heterocycles.